The van der Waals surface area contributed by atoms with Crippen molar-refractivity contribution >= 4 is 109 Å². The van der Waals surface area contributed by atoms with E-state index in [2.05, 4.69) is 204 Å². The summed E-state index contributed by atoms with van der Waals surface area (Å²) in [6, 6.07) is 72.3. The maximum absolute atomic E-state index is 4.90. The van der Waals surface area contributed by atoms with Crippen LogP contribution in [0.4, 0.5) is 34.1 Å². The minimum Gasteiger partial charge on any atom is -0.310 e. The van der Waals surface area contributed by atoms with Crippen LogP contribution in [0.25, 0.3) is 62.5 Å². The number of nitrogens with zero attached hydrogens (tertiary/aromatic N) is 3. The predicted molar refractivity (Wildman–Crippen MR) is 242 cm³/mol. The predicted octanol–water partition coefficient (Wildman–Crippen LogP) is 15.6. The highest BCUT2D eigenvalue weighted by molar-refractivity contribution is 7.25. The van der Waals surface area contributed by atoms with Crippen LogP contribution in [0, 0.1) is 0 Å². The van der Waals surface area contributed by atoms with Crippen molar-refractivity contribution in [2.24, 2.45) is 0 Å². The van der Waals surface area contributed by atoms with E-state index >= 15 is 0 Å². The van der Waals surface area contributed by atoms with E-state index in [1.807, 2.05) is 17.4 Å². The number of thiophene rings is 1. The summed E-state index contributed by atoms with van der Waals surface area (Å²) in [4.78, 5) is 9.61. The number of anilines is 6. The van der Waals surface area contributed by atoms with E-state index in [1.165, 1.54) is 46.4 Å². The molecule has 3 nitrogen and oxygen atoms in total. The number of hydrogen-bond acceptors (Lipinski definition) is 5. The molecule has 0 spiro atoms. The highest BCUT2D eigenvalue weighted by Crippen LogP contribution is 2.43. The number of rotatable bonds is 7. The number of benzene rings is 9. The molecule has 9 aromatic carbocycles. The van der Waals surface area contributed by atoms with Crippen LogP contribution >= 0.6 is 22.7 Å². The largest absolute Gasteiger partial charge is 0.310 e. The summed E-state index contributed by atoms with van der Waals surface area (Å²) in [5, 5.41) is 8.50. The van der Waals surface area contributed by atoms with Gasteiger partial charge in [-0.2, -0.15) is 0 Å². The summed E-state index contributed by atoms with van der Waals surface area (Å²) in [6.45, 7) is 0. The number of hydrogen-bond donors (Lipinski definition) is 0. The molecule has 0 aliphatic heterocycles. The third kappa shape index (κ3) is 5.68. The summed E-state index contributed by atoms with van der Waals surface area (Å²) >= 11 is 3.59. The average Bonchev–Trinajstić information content (AvgIpc) is 3.87. The minimum atomic E-state index is 1.04. The summed E-state index contributed by atoms with van der Waals surface area (Å²) in [5.41, 5.74) is 8.89. The zero-order valence-electron chi connectivity index (χ0n) is 30.2. The summed E-state index contributed by atoms with van der Waals surface area (Å²) < 4.78 is 3.83. The van der Waals surface area contributed by atoms with Crippen molar-refractivity contribution in [2.45, 2.75) is 0 Å². The van der Waals surface area contributed by atoms with Crippen molar-refractivity contribution in [1.29, 1.82) is 0 Å². The lowest BCUT2D eigenvalue weighted by atomic mass is 10.00. The Balaban J connectivity index is 0.978. The summed E-state index contributed by atoms with van der Waals surface area (Å²) in [5.74, 6) is 0. The van der Waals surface area contributed by atoms with Crippen molar-refractivity contribution in [3.63, 3.8) is 0 Å². The first-order valence-electron chi connectivity index (χ1n) is 18.8. The van der Waals surface area contributed by atoms with Crippen molar-refractivity contribution in [3.05, 3.63) is 200 Å². The molecule has 0 N–H and O–H groups in total. The molecule has 0 saturated carbocycles. The van der Waals surface area contributed by atoms with Gasteiger partial charge in [-0.3, -0.25) is 0 Å². The van der Waals surface area contributed by atoms with Gasteiger partial charge in [0.1, 0.15) is 5.01 Å². The van der Waals surface area contributed by atoms with Crippen LogP contribution in [-0.2, 0) is 0 Å². The molecule has 0 atom stereocenters. The normalized spacial score (nSPS) is 11.6. The highest BCUT2D eigenvalue weighted by Gasteiger charge is 2.18. The number of thiazole rings is 1. The smallest absolute Gasteiger partial charge is 0.124 e. The van der Waals surface area contributed by atoms with Gasteiger partial charge in [-0.1, -0.05) is 91.0 Å². The van der Waals surface area contributed by atoms with Crippen LogP contribution < -0.4 is 9.80 Å². The Labute approximate surface area is 332 Å². The molecule has 0 aliphatic rings. The lowest BCUT2D eigenvalue weighted by molar-refractivity contribution is 1.29. The lowest BCUT2D eigenvalue weighted by Gasteiger charge is -2.26. The standard InChI is InChI=1S/C51H33N3S2/c1-3-11-37(12-4-1)53(39-23-21-34(22-24-39)51-52-47-16-8-10-18-50(47)56-51)40-25-28-43-35(31-40)19-20-36-32-41(26-29-44(36)43)54(38-13-5-2-6-14-38)42-27-30-49-46(33-42)45-15-7-9-17-48(45)55-49/h1-33H. The Kier molecular flexibility index (Phi) is 7.87. The molecule has 11 rings (SSSR count). The number of para-hydroxylation sites is 3. The highest BCUT2D eigenvalue weighted by atomic mass is 32.1. The van der Waals surface area contributed by atoms with Gasteiger partial charge in [0.05, 0.1) is 10.2 Å². The Morgan fingerprint density at radius 3 is 1.48 bits per heavy atom. The molecule has 0 aliphatic carbocycles. The maximum Gasteiger partial charge on any atom is 0.124 e. The maximum atomic E-state index is 4.90. The van der Waals surface area contributed by atoms with E-state index < -0.39 is 0 Å². The first kappa shape index (κ1) is 32.6. The van der Waals surface area contributed by atoms with Crippen molar-refractivity contribution < 1.29 is 0 Å². The lowest BCUT2D eigenvalue weighted by Crippen LogP contribution is -2.10. The molecule has 56 heavy (non-hydrogen) atoms. The van der Waals surface area contributed by atoms with Gasteiger partial charge in [0, 0.05) is 59.9 Å². The fourth-order valence-corrected chi connectivity index (χ4v) is 10.0. The molecule has 0 unspecified atom stereocenters. The Hall–Kier alpha value is -6.79. The quantitative estimate of drug-likeness (QED) is 0.151. The van der Waals surface area contributed by atoms with Crippen molar-refractivity contribution in [2.75, 3.05) is 9.80 Å². The van der Waals surface area contributed by atoms with Crippen LogP contribution in [0.3, 0.4) is 0 Å². The van der Waals surface area contributed by atoms with E-state index in [-0.39, 0.29) is 0 Å². The molecule has 0 radical (unpaired) electrons. The van der Waals surface area contributed by atoms with E-state index in [1.54, 1.807) is 11.3 Å². The van der Waals surface area contributed by atoms with Crippen molar-refractivity contribution in [3.8, 4) is 10.6 Å². The Bertz CT molecular complexity index is 3170. The summed E-state index contributed by atoms with van der Waals surface area (Å²) in [7, 11) is 0. The zero-order chi connectivity index (χ0) is 37.0. The molecule has 11 aromatic rings. The van der Waals surface area contributed by atoms with Crippen LogP contribution in [0.15, 0.2) is 200 Å². The summed E-state index contributed by atoms with van der Waals surface area (Å²) in [6.07, 6.45) is 0. The van der Waals surface area contributed by atoms with Crippen molar-refractivity contribution in [1.82, 2.24) is 4.98 Å². The molecule has 0 saturated heterocycles. The monoisotopic (exact) mass is 751 g/mol. The Morgan fingerprint density at radius 2 is 0.821 bits per heavy atom. The minimum absolute atomic E-state index is 1.04. The second-order valence-corrected chi connectivity index (χ2v) is 16.1. The second-order valence-electron chi connectivity index (χ2n) is 14.0. The van der Waals surface area contributed by atoms with Crippen LogP contribution in [-0.4, -0.2) is 4.98 Å². The molecule has 2 heterocycles. The van der Waals surface area contributed by atoms with Gasteiger partial charge in [-0.25, -0.2) is 4.98 Å². The molecule has 0 bridgehead atoms. The van der Waals surface area contributed by atoms with Crippen LogP contribution in [0.1, 0.15) is 0 Å². The topological polar surface area (TPSA) is 19.4 Å². The molecule has 0 amide bonds. The molecular weight excluding hydrogens is 719 g/mol. The zero-order valence-corrected chi connectivity index (χ0v) is 31.8. The van der Waals surface area contributed by atoms with Crippen LogP contribution in [0.5, 0.6) is 0 Å². The molecule has 5 heteroatoms. The first-order chi connectivity index (χ1) is 27.7. The first-order valence-corrected chi connectivity index (χ1v) is 20.4. The van der Waals surface area contributed by atoms with E-state index in [4.69, 9.17) is 4.98 Å². The molecule has 264 valence electrons. The fourth-order valence-electron chi connectivity index (χ4n) is 7.97. The van der Waals surface area contributed by atoms with E-state index in [0.717, 1.165) is 50.2 Å². The SMILES string of the molecule is c1ccc(N(c2ccc(-c3nc4ccccc4s3)cc2)c2ccc3c(ccc4cc(N(c5ccccc5)c5ccc6sc7ccccc7c6c5)ccc43)c2)cc1. The molecule has 0 fully saturated rings. The van der Waals surface area contributed by atoms with Gasteiger partial charge in [-0.05, 0) is 131 Å². The van der Waals surface area contributed by atoms with Gasteiger partial charge < -0.3 is 9.80 Å². The van der Waals surface area contributed by atoms with Gasteiger partial charge in [0.25, 0.3) is 0 Å². The third-order valence-electron chi connectivity index (χ3n) is 10.6. The second kappa shape index (κ2) is 13.5. The fraction of sp³-hybridized carbons (Fsp3) is 0. The number of fused-ring (bicyclic) bond motifs is 7. The molecular formula is C51H33N3S2. The van der Waals surface area contributed by atoms with Gasteiger partial charge >= 0.3 is 0 Å². The van der Waals surface area contributed by atoms with Gasteiger partial charge in [0.2, 0.25) is 0 Å². The average molecular weight is 752 g/mol. The van der Waals surface area contributed by atoms with Gasteiger partial charge in [-0.15, -0.1) is 22.7 Å². The van der Waals surface area contributed by atoms with Gasteiger partial charge in [0.15, 0.2) is 0 Å². The third-order valence-corrected chi connectivity index (χ3v) is 12.9. The van der Waals surface area contributed by atoms with Crippen LogP contribution in [0.2, 0.25) is 0 Å². The number of aromatic nitrogens is 1. The van der Waals surface area contributed by atoms with E-state index in [0.29, 0.717) is 0 Å². The molecule has 2 aromatic heterocycles. The Morgan fingerprint density at radius 1 is 0.321 bits per heavy atom. The van der Waals surface area contributed by atoms with E-state index in [9.17, 15) is 0 Å².